The molecule has 33 heavy (non-hydrogen) atoms. The predicted octanol–water partition coefficient (Wildman–Crippen LogP) is 3.90. The summed E-state index contributed by atoms with van der Waals surface area (Å²) in [5.74, 6) is -3.37. The summed E-state index contributed by atoms with van der Waals surface area (Å²) in [6, 6.07) is 9.19. The van der Waals surface area contributed by atoms with Crippen molar-refractivity contribution in [1.29, 1.82) is 0 Å². The van der Waals surface area contributed by atoms with Crippen LogP contribution in [0.15, 0.2) is 46.9 Å². The van der Waals surface area contributed by atoms with Crippen molar-refractivity contribution in [2.45, 2.75) is 30.6 Å². The van der Waals surface area contributed by atoms with Crippen LogP contribution in [0.3, 0.4) is 0 Å². The molecular formula is C23H17BrF3N3O3. The highest BCUT2D eigenvalue weighted by Crippen LogP contribution is 2.61. The van der Waals surface area contributed by atoms with Crippen LogP contribution in [0.5, 0.6) is 0 Å². The van der Waals surface area contributed by atoms with Gasteiger partial charge in [-0.3, -0.25) is 19.3 Å². The summed E-state index contributed by atoms with van der Waals surface area (Å²) in [7, 11) is 0. The fourth-order valence-corrected chi connectivity index (χ4v) is 6.61. The quantitative estimate of drug-likeness (QED) is 0.580. The van der Waals surface area contributed by atoms with Crippen molar-refractivity contribution in [3.8, 4) is 0 Å². The number of hydrogen-bond donors (Lipinski definition) is 1. The first-order valence-electron chi connectivity index (χ1n) is 10.6. The summed E-state index contributed by atoms with van der Waals surface area (Å²) in [6.07, 6.45) is -3.22. The number of benzene rings is 2. The lowest BCUT2D eigenvalue weighted by Crippen LogP contribution is -2.54. The van der Waals surface area contributed by atoms with E-state index < -0.39 is 40.9 Å². The number of amides is 3. The minimum Gasteiger partial charge on any atom is -0.324 e. The first-order valence-corrected chi connectivity index (χ1v) is 11.4. The first kappa shape index (κ1) is 20.9. The van der Waals surface area contributed by atoms with Crippen LogP contribution < -0.4 is 10.2 Å². The number of nitrogens with one attached hydrogen (secondary N) is 1. The van der Waals surface area contributed by atoms with E-state index in [2.05, 4.69) is 21.2 Å². The van der Waals surface area contributed by atoms with Crippen molar-refractivity contribution >= 4 is 45.0 Å². The van der Waals surface area contributed by atoms with E-state index in [-0.39, 0.29) is 17.6 Å². The predicted molar refractivity (Wildman–Crippen MR) is 115 cm³/mol. The Hall–Kier alpha value is -2.72. The Labute approximate surface area is 194 Å². The third-order valence-electron chi connectivity index (χ3n) is 7.39. The zero-order valence-corrected chi connectivity index (χ0v) is 18.6. The number of alkyl halides is 3. The topological polar surface area (TPSA) is 69.7 Å². The lowest BCUT2D eigenvalue weighted by atomic mass is 9.75. The monoisotopic (exact) mass is 519 g/mol. The molecule has 1 spiro atoms. The molecule has 0 radical (unpaired) electrons. The molecule has 3 amide bonds. The summed E-state index contributed by atoms with van der Waals surface area (Å²) in [4.78, 5) is 43.7. The molecule has 4 aliphatic heterocycles. The van der Waals surface area contributed by atoms with Gasteiger partial charge in [-0.2, -0.15) is 13.2 Å². The van der Waals surface area contributed by atoms with Crippen molar-refractivity contribution in [2.24, 2.45) is 11.8 Å². The molecule has 170 valence electrons. The van der Waals surface area contributed by atoms with Crippen LogP contribution in [-0.4, -0.2) is 35.2 Å². The van der Waals surface area contributed by atoms with Crippen molar-refractivity contribution in [3.05, 3.63) is 58.1 Å². The minimum atomic E-state index is -4.61. The van der Waals surface area contributed by atoms with Crippen molar-refractivity contribution in [3.63, 3.8) is 0 Å². The number of hydrogen-bond acceptors (Lipinski definition) is 4. The summed E-state index contributed by atoms with van der Waals surface area (Å²) in [5.41, 5.74) is -1.24. The Balaban J connectivity index is 1.53. The molecule has 6 rings (SSSR count). The Morgan fingerprint density at radius 2 is 1.85 bits per heavy atom. The third kappa shape index (κ3) is 2.56. The van der Waals surface area contributed by atoms with Crippen molar-refractivity contribution in [1.82, 2.24) is 4.90 Å². The summed E-state index contributed by atoms with van der Waals surface area (Å²) in [6.45, 7) is 0.557. The van der Waals surface area contributed by atoms with Crippen LogP contribution in [0.4, 0.5) is 24.5 Å². The fourth-order valence-electron chi connectivity index (χ4n) is 6.25. The maximum Gasteiger partial charge on any atom is 0.416 e. The van der Waals surface area contributed by atoms with E-state index in [4.69, 9.17) is 0 Å². The standard InChI is InChI=1S/C23H17BrF3N3O3/c24-12-6-7-15-14(10-12)22(21(33)28-15)18-17(16-5-2-8-29(16)22)19(31)30(20(18)32)13-4-1-3-11(9-13)23(25,26)27/h1,3-4,6-7,9-10,16-18H,2,5,8H2,(H,28,33)/t16-,17+,18+,22-/m1/s1. The Morgan fingerprint density at radius 1 is 1.06 bits per heavy atom. The lowest BCUT2D eigenvalue weighted by molar-refractivity contribution is -0.137. The number of halogens is 4. The van der Waals surface area contributed by atoms with Crippen LogP contribution >= 0.6 is 15.9 Å². The number of imide groups is 1. The highest BCUT2D eigenvalue weighted by molar-refractivity contribution is 9.10. The molecule has 4 heterocycles. The summed E-state index contributed by atoms with van der Waals surface area (Å²) < 4.78 is 40.6. The van der Waals surface area contributed by atoms with Gasteiger partial charge in [-0.05, 0) is 55.8 Å². The van der Waals surface area contributed by atoms with Crippen molar-refractivity contribution < 1.29 is 27.6 Å². The zero-order chi connectivity index (χ0) is 23.3. The van der Waals surface area contributed by atoms with Gasteiger partial charge in [0.25, 0.3) is 0 Å². The maximum absolute atomic E-state index is 13.8. The Morgan fingerprint density at radius 3 is 2.61 bits per heavy atom. The van der Waals surface area contributed by atoms with E-state index in [1.165, 1.54) is 12.1 Å². The van der Waals surface area contributed by atoms with E-state index in [0.29, 0.717) is 24.2 Å². The number of fused-ring (bicyclic) bond motifs is 7. The first-order chi connectivity index (χ1) is 15.7. The van der Waals surface area contributed by atoms with Gasteiger partial charge in [0, 0.05) is 21.8 Å². The van der Waals surface area contributed by atoms with Crippen molar-refractivity contribution in [2.75, 3.05) is 16.8 Å². The lowest BCUT2D eigenvalue weighted by Gasteiger charge is -2.36. The molecule has 10 heteroatoms. The molecule has 0 bridgehead atoms. The second kappa shape index (κ2) is 6.66. The highest BCUT2D eigenvalue weighted by atomic mass is 79.9. The van der Waals surface area contributed by atoms with E-state index in [9.17, 15) is 27.6 Å². The van der Waals surface area contributed by atoms with Gasteiger partial charge in [-0.1, -0.05) is 22.0 Å². The molecule has 2 aromatic rings. The van der Waals surface area contributed by atoms with Crippen LogP contribution in [0.1, 0.15) is 24.0 Å². The van der Waals surface area contributed by atoms with Gasteiger partial charge in [0.05, 0.1) is 23.1 Å². The molecule has 2 aromatic carbocycles. The summed E-state index contributed by atoms with van der Waals surface area (Å²) in [5, 5.41) is 2.87. The van der Waals surface area contributed by atoms with E-state index >= 15 is 0 Å². The molecule has 0 aliphatic carbocycles. The number of rotatable bonds is 1. The Bertz CT molecular complexity index is 1250. The fraction of sp³-hybridized carbons (Fsp3) is 0.348. The van der Waals surface area contributed by atoms with Crippen LogP contribution in [0, 0.1) is 11.8 Å². The number of carbonyl (C=O) groups is 3. The smallest absolute Gasteiger partial charge is 0.324 e. The summed E-state index contributed by atoms with van der Waals surface area (Å²) >= 11 is 3.44. The van der Waals surface area contributed by atoms with E-state index in [1.54, 1.807) is 18.2 Å². The second-order valence-corrected chi connectivity index (χ2v) is 9.79. The molecular weight excluding hydrogens is 503 g/mol. The van der Waals surface area contributed by atoms with Gasteiger partial charge >= 0.3 is 6.18 Å². The normalized spacial score (nSPS) is 30.7. The van der Waals surface area contributed by atoms with Gasteiger partial charge in [0.15, 0.2) is 0 Å². The van der Waals surface area contributed by atoms with Crippen LogP contribution in [0.25, 0.3) is 0 Å². The van der Waals surface area contributed by atoms with Crippen LogP contribution in [0.2, 0.25) is 0 Å². The average molecular weight is 520 g/mol. The van der Waals surface area contributed by atoms with Crippen LogP contribution in [-0.2, 0) is 26.1 Å². The zero-order valence-electron chi connectivity index (χ0n) is 17.0. The van der Waals surface area contributed by atoms with E-state index in [0.717, 1.165) is 27.9 Å². The van der Waals surface area contributed by atoms with Gasteiger partial charge in [-0.25, -0.2) is 4.90 Å². The van der Waals surface area contributed by atoms with Gasteiger partial charge in [-0.15, -0.1) is 0 Å². The largest absolute Gasteiger partial charge is 0.416 e. The molecule has 4 atom stereocenters. The minimum absolute atomic E-state index is 0.123. The van der Waals surface area contributed by atoms with Gasteiger partial charge < -0.3 is 5.32 Å². The third-order valence-corrected chi connectivity index (χ3v) is 7.88. The molecule has 0 saturated carbocycles. The number of nitrogens with zero attached hydrogens (tertiary/aromatic N) is 2. The molecule has 0 aromatic heterocycles. The maximum atomic E-state index is 13.8. The molecule has 0 unspecified atom stereocenters. The average Bonchev–Trinajstić information content (AvgIpc) is 3.46. The molecule has 3 fully saturated rings. The van der Waals surface area contributed by atoms with Gasteiger partial charge in [0.1, 0.15) is 5.54 Å². The number of anilines is 2. The second-order valence-electron chi connectivity index (χ2n) is 8.88. The van der Waals surface area contributed by atoms with E-state index in [1.807, 2.05) is 4.90 Å². The molecule has 6 nitrogen and oxygen atoms in total. The molecule has 4 aliphatic rings. The van der Waals surface area contributed by atoms with Gasteiger partial charge in [0.2, 0.25) is 17.7 Å². The highest BCUT2D eigenvalue weighted by Gasteiger charge is 2.74. The molecule has 1 N–H and O–H groups in total. The SMILES string of the molecule is O=C1[C@H]2[C@H]3CCCN3[C@@]3(C(=O)Nc4ccc(Br)cc43)[C@@H]2C(=O)N1c1cccc(C(F)(F)F)c1. The molecule has 3 saturated heterocycles. The number of carbonyl (C=O) groups excluding carboxylic acids is 3. The Kier molecular flexibility index (Phi) is 4.21.